The van der Waals surface area contributed by atoms with Crippen molar-refractivity contribution < 1.29 is 13.5 Å². The summed E-state index contributed by atoms with van der Waals surface area (Å²) in [4.78, 5) is 3.67. The molecule has 0 aliphatic carbocycles. The van der Waals surface area contributed by atoms with Crippen LogP contribution in [0, 0.1) is 0 Å². The van der Waals surface area contributed by atoms with Crippen molar-refractivity contribution in [3.63, 3.8) is 0 Å². The minimum atomic E-state index is -3.11. The predicted octanol–water partition coefficient (Wildman–Crippen LogP) is 0.954. The Morgan fingerprint density at radius 2 is 2.25 bits per heavy atom. The van der Waals surface area contributed by atoms with Crippen molar-refractivity contribution in [2.24, 2.45) is 0 Å². The SMILES string of the molecule is CC(c1nc(O)cs1)S(C)(=O)=O. The van der Waals surface area contributed by atoms with E-state index in [1.165, 1.54) is 5.38 Å². The first kappa shape index (κ1) is 9.47. The average Bonchev–Trinajstić information content (AvgIpc) is 2.32. The lowest BCUT2D eigenvalue weighted by Crippen LogP contribution is -2.06. The zero-order valence-corrected chi connectivity index (χ0v) is 8.32. The maximum Gasteiger partial charge on any atom is 0.222 e. The number of sulfone groups is 1. The van der Waals surface area contributed by atoms with Gasteiger partial charge in [0.15, 0.2) is 9.84 Å². The molecule has 1 atom stereocenters. The van der Waals surface area contributed by atoms with Crippen LogP contribution in [0.25, 0.3) is 0 Å². The van der Waals surface area contributed by atoms with Gasteiger partial charge in [-0.3, -0.25) is 0 Å². The van der Waals surface area contributed by atoms with E-state index < -0.39 is 15.1 Å². The van der Waals surface area contributed by atoms with Crippen LogP contribution in [0.1, 0.15) is 17.2 Å². The van der Waals surface area contributed by atoms with E-state index in [-0.39, 0.29) is 5.88 Å². The molecule has 0 aromatic carbocycles. The molecule has 0 spiro atoms. The van der Waals surface area contributed by atoms with Crippen molar-refractivity contribution in [2.75, 3.05) is 6.26 Å². The Kier molecular flexibility index (Phi) is 2.39. The van der Waals surface area contributed by atoms with E-state index in [0.29, 0.717) is 5.01 Å². The summed E-state index contributed by atoms with van der Waals surface area (Å²) in [5.74, 6) is -0.120. The van der Waals surface area contributed by atoms with Crippen LogP contribution in [0.15, 0.2) is 5.38 Å². The zero-order chi connectivity index (χ0) is 9.35. The molecule has 1 heterocycles. The summed E-state index contributed by atoms with van der Waals surface area (Å²) in [5.41, 5.74) is 0. The topological polar surface area (TPSA) is 67.3 Å². The molecule has 6 heteroatoms. The van der Waals surface area contributed by atoms with Crippen LogP contribution in [-0.4, -0.2) is 24.8 Å². The Labute approximate surface area is 74.8 Å². The third-order valence-electron chi connectivity index (χ3n) is 1.50. The predicted molar refractivity (Wildman–Crippen MR) is 47.0 cm³/mol. The fraction of sp³-hybridized carbons (Fsp3) is 0.500. The van der Waals surface area contributed by atoms with Gasteiger partial charge in [-0.15, -0.1) is 11.3 Å². The number of nitrogens with zero attached hydrogens (tertiary/aromatic N) is 1. The summed E-state index contributed by atoms with van der Waals surface area (Å²) in [5, 5.41) is 10.1. The second-order valence-electron chi connectivity index (χ2n) is 2.52. The van der Waals surface area contributed by atoms with E-state index in [1.54, 1.807) is 6.92 Å². The Morgan fingerprint density at radius 3 is 2.58 bits per heavy atom. The van der Waals surface area contributed by atoms with Crippen molar-refractivity contribution >= 4 is 21.2 Å². The van der Waals surface area contributed by atoms with E-state index in [2.05, 4.69) is 4.98 Å². The summed E-state index contributed by atoms with van der Waals surface area (Å²) in [6.07, 6.45) is 1.15. The molecule has 1 N–H and O–H groups in total. The highest BCUT2D eigenvalue weighted by Gasteiger charge is 2.20. The normalized spacial score (nSPS) is 14.5. The minimum Gasteiger partial charge on any atom is -0.493 e. The molecule has 12 heavy (non-hydrogen) atoms. The molecule has 0 amide bonds. The zero-order valence-electron chi connectivity index (χ0n) is 6.68. The highest BCUT2D eigenvalue weighted by atomic mass is 32.2. The molecule has 0 aliphatic rings. The van der Waals surface area contributed by atoms with E-state index in [1.807, 2.05) is 0 Å². The van der Waals surface area contributed by atoms with Gasteiger partial charge in [0.05, 0.1) is 5.38 Å². The second kappa shape index (κ2) is 3.02. The number of aromatic hydroxyl groups is 1. The maximum absolute atomic E-state index is 11.0. The third-order valence-corrected chi connectivity index (χ3v) is 4.17. The highest BCUT2D eigenvalue weighted by molar-refractivity contribution is 7.91. The Morgan fingerprint density at radius 1 is 1.67 bits per heavy atom. The summed E-state index contributed by atoms with van der Waals surface area (Å²) < 4.78 is 22.1. The van der Waals surface area contributed by atoms with Crippen LogP contribution in [0.2, 0.25) is 0 Å². The van der Waals surface area contributed by atoms with Crippen molar-refractivity contribution in [2.45, 2.75) is 12.2 Å². The van der Waals surface area contributed by atoms with Gasteiger partial charge in [0.1, 0.15) is 10.3 Å². The molecule has 4 nitrogen and oxygen atoms in total. The lowest BCUT2D eigenvalue weighted by atomic mass is 10.5. The Hall–Kier alpha value is -0.620. The highest BCUT2D eigenvalue weighted by Crippen LogP contribution is 2.26. The van der Waals surface area contributed by atoms with Crippen LogP contribution in [-0.2, 0) is 9.84 Å². The molecular weight excluding hydrogens is 198 g/mol. The summed E-state index contributed by atoms with van der Waals surface area (Å²) in [6, 6.07) is 0. The summed E-state index contributed by atoms with van der Waals surface area (Å²) in [7, 11) is -3.11. The van der Waals surface area contributed by atoms with E-state index >= 15 is 0 Å². The first-order valence-corrected chi connectivity index (χ1v) is 6.08. The van der Waals surface area contributed by atoms with Gasteiger partial charge >= 0.3 is 0 Å². The molecule has 0 aliphatic heterocycles. The van der Waals surface area contributed by atoms with Crippen molar-refractivity contribution in [3.05, 3.63) is 10.4 Å². The van der Waals surface area contributed by atoms with E-state index in [0.717, 1.165) is 17.6 Å². The van der Waals surface area contributed by atoms with Gasteiger partial charge in [0.2, 0.25) is 5.88 Å². The van der Waals surface area contributed by atoms with Crippen molar-refractivity contribution in [1.82, 2.24) is 4.98 Å². The van der Waals surface area contributed by atoms with Gasteiger partial charge in [0.25, 0.3) is 0 Å². The molecule has 0 saturated carbocycles. The van der Waals surface area contributed by atoms with Crippen molar-refractivity contribution in [1.29, 1.82) is 0 Å². The number of hydrogen-bond acceptors (Lipinski definition) is 5. The molecule has 1 aromatic heterocycles. The summed E-state index contributed by atoms with van der Waals surface area (Å²) in [6.45, 7) is 1.55. The first-order chi connectivity index (χ1) is 5.41. The molecular formula is C6H9NO3S2. The van der Waals surface area contributed by atoms with Gasteiger partial charge in [-0.2, -0.15) is 0 Å². The summed E-state index contributed by atoms with van der Waals surface area (Å²) >= 11 is 1.14. The lowest BCUT2D eigenvalue weighted by molar-refractivity contribution is 0.455. The standard InChI is InChI=1S/C6H9NO3S2/c1-4(12(2,9)10)6-7-5(8)3-11-6/h3-4,8H,1-2H3. The van der Waals surface area contributed by atoms with Gasteiger partial charge < -0.3 is 5.11 Å². The Bertz CT molecular complexity index is 368. The molecule has 68 valence electrons. The van der Waals surface area contributed by atoms with Crippen molar-refractivity contribution in [3.8, 4) is 5.88 Å². The first-order valence-electron chi connectivity index (χ1n) is 3.24. The van der Waals surface area contributed by atoms with Crippen LogP contribution >= 0.6 is 11.3 Å². The number of rotatable bonds is 2. The maximum atomic E-state index is 11.0. The second-order valence-corrected chi connectivity index (χ2v) is 5.77. The van der Waals surface area contributed by atoms with E-state index in [4.69, 9.17) is 5.11 Å². The quantitative estimate of drug-likeness (QED) is 0.784. The smallest absolute Gasteiger partial charge is 0.222 e. The van der Waals surface area contributed by atoms with Gasteiger partial charge in [-0.1, -0.05) is 0 Å². The van der Waals surface area contributed by atoms with Crippen LogP contribution in [0.3, 0.4) is 0 Å². The molecule has 0 radical (unpaired) electrons. The number of hydrogen-bond donors (Lipinski definition) is 1. The van der Waals surface area contributed by atoms with Crippen LogP contribution in [0.5, 0.6) is 5.88 Å². The van der Waals surface area contributed by atoms with Gasteiger partial charge in [0, 0.05) is 6.26 Å². The molecule has 0 bridgehead atoms. The van der Waals surface area contributed by atoms with Crippen LogP contribution < -0.4 is 0 Å². The average molecular weight is 207 g/mol. The van der Waals surface area contributed by atoms with E-state index in [9.17, 15) is 8.42 Å². The molecule has 1 rings (SSSR count). The van der Waals surface area contributed by atoms with Gasteiger partial charge in [-0.05, 0) is 6.92 Å². The molecule has 0 saturated heterocycles. The monoisotopic (exact) mass is 207 g/mol. The number of thiazole rings is 1. The fourth-order valence-electron chi connectivity index (χ4n) is 0.649. The Balaban J connectivity index is 3.01. The van der Waals surface area contributed by atoms with Crippen LogP contribution in [0.4, 0.5) is 0 Å². The molecule has 0 fully saturated rings. The van der Waals surface area contributed by atoms with Gasteiger partial charge in [-0.25, -0.2) is 13.4 Å². The fourth-order valence-corrected chi connectivity index (χ4v) is 2.38. The number of aromatic nitrogens is 1. The molecule has 1 aromatic rings. The minimum absolute atomic E-state index is 0.120. The largest absolute Gasteiger partial charge is 0.493 e. The third kappa shape index (κ3) is 1.95. The molecule has 1 unspecified atom stereocenters. The lowest BCUT2D eigenvalue weighted by Gasteiger charge is -2.03.